The molecule has 0 saturated carbocycles. The number of benzene rings is 1. The fraction of sp³-hybridized carbons (Fsp3) is 0.571. The number of nitrogens with zero attached hydrogens (tertiary/aromatic N) is 2. The van der Waals surface area contributed by atoms with E-state index in [0.29, 0.717) is 19.5 Å². The maximum atomic E-state index is 13.5. The number of anilines is 2. The lowest BCUT2D eigenvalue weighted by molar-refractivity contribution is 0.584. The van der Waals surface area contributed by atoms with E-state index < -0.39 is 10.0 Å². The second-order valence-corrected chi connectivity index (χ2v) is 7.25. The molecule has 0 bridgehead atoms. The van der Waals surface area contributed by atoms with Gasteiger partial charge in [0.1, 0.15) is 5.82 Å². The van der Waals surface area contributed by atoms with Crippen LogP contribution in [0.2, 0.25) is 0 Å². The molecule has 118 valence electrons. The molecule has 5 nitrogen and oxygen atoms in total. The van der Waals surface area contributed by atoms with Crippen LogP contribution in [0.4, 0.5) is 15.8 Å². The smallest absolute Gasteiger partial charge is 0.208 e. The van der Waals surface area contributed by atoms with Crippen LogP contribution in [0, 0.1) is 5.82 Å². The van der Waals surface area contributed by atoms with Crippen molar-refractivity contribution in [1.82, 2.24) is 4.72 Å². The van der Waals surface area contributed by atoms with E-state index in [9.17, 15) is 12.8 Å². The molecule has 0 spiro atoms. The number of fused-ring (bicyclic) bond motifs is 1. The van der Waals surface area contributed by atoms with Crippen molar-refractivity contribution in [1.29, 1.82) is 0 Å². The molecule has 0 saturated heterocycles. The fourth-order valence-corrected chi connectivity index (χ4v) is 3.09. The predicted molar refractivity (Wildman–Crippen MR) is 84.0 cm³/mol. The number of sulfonamides is 1. The molecule has 0 fully saturated rings. The van der Waals surface area contributed by atoms with E-state index in [1.165, 1.54) is 6.07 Å². The minimum Gasteiger partial charge on any atom is -0.373 e. The van der Waals surface area contributed by atoms with Gasteiger partial charge >= 0.3 is 0 Å². The van der Waals surface area contributed by atoms with Crippen molar-refractivity contribution in [2.45, 2.75) is 12.8 Å². The van der Waals surface area contributed by atoms with Crippen LogP contribution in [-0.4, -0.2) is 47.9 Å². The molecular weight excluding hydrogens is 293 g/mol. The first kappa shape index (κ1) is 16.0. The quantitative estimate of drug-likeness (QED) is 0.835. The van der Waals surface area contributed by atoms with Gasteiger partial charge in [-0.3, -0.25) is 0 Å². The molecule has 1 aliphatic rings. The van der Waals surface area contributed by atoms with Gasteiger partial charge < -0.3 is 9.80 Å². The van der Waals surface area contributed by atoms with Crippen molar-refractivity contribution in [3.05, 3.63) is 24.0 Å². The van der Waals surface area contributed by atoms with Crippen LogP contribution in [0.25, 0.3) is 0 Å². The van der Waals surface area contributed by atoms with Crippen molar-refractivity contribution in [3.8, 4) is 0 Å². The molecule has 0 unspecified atom stereocenters. The Kier molecular flexibility index (Phi) is 5.05. The molecule has 1 N–H and O–H groups in total. The lowest BCUT2D eigenvalue weighted by Gasteiger charge is -2.26. The maximum Gasteiger partial charge on any atom is 0.208 e. The highest BCUT2D eigenvalue weighted by atomic mass is 32.2. The summed E-state index contributed by atoms with van der Waals surface area (Å²) in [5, 5.41) is 0. The minimum atomic E-state index is -3.15. The molecule has 0 radical (unpaired) electrons. The van der Waals surface area contributed by atoms with Crippen molar-refractivity contribution in [3.63, 3.8) is 0 Å². The Bertz CT molecular complexity index is 592. The van der Waals surface area contributed by atoms with Crippen molar-refractivity contribution in [2.24, 2.45) is 0 Å². The molecule has 0 aromatic heterocycles. The van der Waals surface area contributed by atoms with Gasteiger partial charge in [0.15, 0.2) is 0 Å². The lowest BCUT2D eigenvalue weighted by Crippen LogP contribution is -2.30. The molecule has 21 heavy (non-hydrogen) atoms. The molecule has 0 amide bonds. The number of nitrogens with one attached hydrogen (secondary N) is 1. The van der Waals surface area contributed by atoms with E-state index in [4.69, 9.17) is 0 Å². The van der Waals surface area contributed by atoms with Gasteiger partial charge in [-0.2, -0.15) is 0 Å². The third kappa shape index (κ3) is 4.57. The number of hydrogen-bond donors (Lipinski definition) is 1. The van der Waals surface area contributed by atoms with Gasteiger partial charge in [0, 0.05) is 33.2 Å². The van der Waals surface area contributed by atoms with Gasteiger partial charge in [0.05, 0.1) is 17.6 Å². The second-order valence-electron chi connectivity index (χ2n) is 5.42. The van der Waals surface area contributed by atoms with Gasteiger partial charge in [0.25, 0.3) is 0 Å². The summed E-state index contributed by atoms with van der Waals surface area (Å²) in [6, 6.07) is 4.84. The molecule has 0 aliphatic carbocycles. The average Bonchev–Trinajstić information content (AvgIpc) is 2.53. The fourth-order valence-electron chi connectivity index (χ4n) is 2.57. The maximum absolute atomic E-state index is 13.5. The first-order valence-corrected chi connectivity index (χ1v) is 8.96. The third-order valence-corrected chi connectivity index (χ3v) is 4.31. The van der Waals surface area contributed by atoms with Crippen molar-refractivity contribution < 1.29 is 12.8 Å². The largest absolute Gasteiger partial charge is 0.373 e. The van der Waals surface area contributed by atoms with E-state index >= 15 is 0 Å². The van der Waals surface area contributed by atoms with Crippen LogP contribution in [0.3, 0.4) is 0 Å². The number of rotatable bonds is 5. The molecular formula is C14H22FN3O2S. The zero-order valence-electron chi connectivity index (χ0n) is 12.5. The highest BCUT2D eigenvalue weighted by Crippen LogP contribution is 2.32. The summed E-state index contributed by atoms with van der Waals surface area (Å²) >= 11 is 0. The second kappa shape index (κ2) is 6.62. The van der Waals surface area contributed by atoms with Gasteiger partial charge in [-0.25, -0.2) is 17.5 Å². The Hall–Kier alpha value is -1.34. The predicted octanol–water partition coefficient (Wildman–Crippen LogP) is 1.41. The summed E-state index contributed by atoms with van der Waals surface area (Å²) < 4.78 is 38.1. The van der Waals surface area contributed by atoms with Gasteiger partial charge in [-0.05, 0) is 31.0 Å². The topological polar surface area (TPSA) is 52.6 Å². The normalized spacial score (nSPS) is 15.8. The zero-order chi connectivity index (χ0) is 15.5. The summed E-state index contributed by atoms with van der Waals surface area (Å²) in [5.74, 6) is -0.247. The Balaban J connectivity index is 2.06. The van der Waals surface area contributed by atoms with Crippen LogP contribution < -0.4 is 14.5 Å². The Labute approximate surface area is 125 Å². The number of halogens is 1. The summed E-state index contributed by atoms with van der Waals surface area (Å²) in [4.78, 5) is 4.26. The van der Waals surface area contributed by atoms with Crippen LogP contribution in [-0.2, 0) is 10.0 Å². The van der Waals surface area contributed by atoms with Crippen molar-refractivity contribution in [2.75, 3.05) is 49.3 Å². The molecule has 1 heterocycles. The standard InChI is InChI=1S/C14H22FN3O2S/c1-17-8-4-10-18(9-3-7-16-21(2,19)20)14-11-12(15)5-6-13(14)17/h5-6,11,16H,3-4,7-10H2,1-2H3. The highest BCUT2D eigenvalue weighted by Gasteiger charge is 2.18. The molecule has 2 rings (SSSR count). The summed E-state index contributed by atoms with van der Waals surface area (Å²) in [7, 11) is -1.14. The Morgan fingerprint density at radius 1 is 1.29 bits per heavy atom. The molecule has 1 aromatic rings. The molecule has 0 atom stereocenters. The highest BCUT2D eigenvalue weighted by molar-refractivity contribution is 7.88. The SMILES string of the molecule is CN1CCCN(CCCNS(C)(=O)=O)c2cc(F)ccc21. The first-order chi connectivity index (χ1) is 9.87. The Morgan fingerprint density at radius 3 is 2.76 bits per heavy atom. The van der Waals surface area contributed by atoms with E-state index in [1.807, 2.05) is 7.05 Å². The van der Waals surface area contributed by atoms with Crippen LogP contribution >= 0.6 is 0 Å². The zero-order valence-corrected chi connectivity index (χ0v) is 13.3. The molecule has 1 aromatic carbocycles. The lowest BCUT2D eigenvalue weighted by atomic mass is 10.2. The summed E-state index contributed by atoms with van der Waals surface area (Å²) in [6.07, 6.45) is 2.83. The van der Waals surface area contributed by atoms with E-state index in [2.05, 4.69) is 14.5 Å². The third-order valence-electron chi connectivity index (χ3n) is 3.58. The van der Waals surface area contributed by atoms with Crippen LogP contribution in [0.5, 0.6) is 0 Å². The van der Waals surface area contributed by atoms with E-state index in [-0.39, 0.29) is 5.82 Å². The monoisotopic (exact) mass is 315 g/mol. The molecule has 7 heteroatoms. The van der Waals surface area contributed by atoms with Gasteiger partial charge in [0.2, 0.25) is 10.0 Å². The van der Waals surface area contributed by atoms with Crippen LogP contribution in [0.1, 0.15) is 12.8 Å². The minimum absolute atomic E-state index is 0.247. The number of hydrogen-bond acceptors (Lipinski definition) is 4. The van der Waals surface area contributed by atoms with Crippen LogP contribution in [0.15, 0.2) is 18.2 Å². The Morgan fingerprint density at radius 2 is 2.05 bits per heavy atom. The van der Waals surface area contributed by atoms with Gasteiger partial charge in [-0.15, -0.1) is 0 Å². The summed E-state index contributed by atoms with van der Waals surface area (Å²) in [6.45, 7) is 2.87. The van der Waals surface area contributed by atoms with E-state index in [1.54, 1.807) is 12.1 Å². The first-order valence-electron chi connectivity index (χ1n) is 7.07. The van der Waals surface area contributed by atoms with E-state index in [0.717, 1.165) is 37.1 Å². The average molecular weight is 315 g/mol. The molecule has 1 aliphatic heterocycles. The van der Waals surface area contributed by atoms with Gasteiger partial charge in [-0.1, -0.05) is 0 Å². The summed E-state index contributed by atoms with van der Waals surface area (Å²) in [5.41, 5.74) is 1.90. The van der Waals surface area contributed by atoms with Crippen molar-refractivity contribution >= 4 is 21.4 Å².